The average Bonchev–Trinajstić information content (AvgIpc) is 2.70. The van der Waals surface area contributed by atoms with Crippen molar-refractivity contribution in [2.75, 3.05) is 6.61 Å². The number of aryl methyl sites for hydroxylation is 1. The number of hydrogen-bond donors (Lipinski definition) is 4. The molecular weight excluding hydrogens is 228 g/mol. The number of nitrogens with zero attached hydrogens (tertiary/aromatic N) is 2. The van der Waals surface area contributed by atoms with Crippen LogP contribution in [0.4, 0.5) is 0 Å². The van der Waals surface area contributed by atoms with Gasteiger partial charge in [0, 0.05) is 18.8 Å². The molecule has 0 fully saturated rings. The number of amides is 1. The molecule has 0 saturated carbocycles. The molecule has 1 amide bonds. The second kappa shape index (κ2) is 5.41. The summed E-state index contributed by atoms with van der Waals surface area (Å²) in [6.07, 6.45) is 2.97. The number of aliphatic carboxylic acids is 1. The molecule has 0 bridgehead atoms. The summed E-state index contributed by atoms with van der Waals surface area (Å²) in [5.74, 6) is -2.00. The van der Waals surface area contributed by atoms with E-state index in [-0.39, 0.29) is 0 Å². The molecule has 0 saturated heterocycles. The molecule has 94 valence electrons. The fourth-order valence-corrected chi connectivity index (χ4v) is 1.20. The van der Waals surface area contributed by atoms with Crippen LogP contribution >= 0.6 is 0 Å². The summed E-state index contributed by atoms with van der Waals surface area (Å²) in [4.78, 5) is 22.2. The molecule has 17 heavy (non-hydrogen) atoms. The third-order valence-corrected chi connectivity index (χ3v) is 2.16. The number of aromatic nitrogens is 2. The molecule has 1 unspecified atom stereocenters. The molecule has 1 rings (SSSR count). The standard InChI is InChI=1S/C9H14N4O4/c1-13-3-5(2-11-13)7(10)8(15)12-6(4-14)9(16)17/h2-3,6-7,14H,4,10H2,1H3,(H,12,15)(H,16,17)/t6-,7?/m1/s1. The maximum Gasteiger partial charge on any atom is 0.328 e. The van der Waals surface area contributed by atoms with E-state index in [0.717, 1.165) is 0 Å². The summed E-state index contributed by atoms with van der Waals surface area (Å²) in [5, 5.41) is 23.4. The summed E-state index contributed by atoms with van der Waals surface area (Å²) < 4.78 is 1.48. The zero-order chi connectivity index (χ0) is 13.0. The van der Waals surface area contributed by atoms with Gasteiger partial charge in [-0.05, 0) is 0 Å². The first-order valence-electron chi connectivity index (χ1n) is 4.84. The number of hydrogen-bond acceptors (Lipinski definition) is 5. The Labute approximate surface area is 97.0 Å². The van der Waals surface area contributed by atoms with Gasteiger partial charge in [0.15, 0.2) is 0 Å². The normalized spacial score (nSPS) is 14.1. The summed E-state index contributed by atoms with van der Waals surface area (Å²) in [5.41, 5.74) is 6.08. The van der Waals surface area contributed by atoms with Crippen LogP contribution in [0.5, 0.6) is 0 Å². The number of carbonyl (C=O) groups excluding carboxylic acids is 1. The van der Waals surface area contributed by atoms with Crippen molar-refractivity contribution in [1.82, 2.24) is 15.1 Å². The Hall–Kier alpha value is -1.93. The largest absolute Gasteiger partial charge is 0.480 e. The molecule has 1 aromatic rings. The maximum atomic E-state index is 11.6. The van der Waals surface area contributed by atoms with Crippen molar-refractivity contribution in [3.63, 3.8) is 0 Å². The molecule has 0 aliphatic rings. The van der Waals surface area contributed by atoms with Crippen LogP contribution in [-0.2, 0) is 16.6 Å². The minimum absolute atomic E-state index is 0.465. The zero-order valence-electron chi connectivity index (χ0n) is 9.20. The first-order chi connectivity index (χ1) is 7.95. The van der Waals surface area contributed by atoms with Gasteiger partial charge in [-0.3, -0.25) is 9.48 Å². The molecule has 2 atom stereocenters. The van der Waals surface area contributed by atoms with Gasteiger partial charge in [-0.2, -0.15) is 5.10 Å². The Morgan fingerprint density at radius 3 is 2.71 bits per heavy atom. The van der Waals surface area contributed by atoms with Crippen molar-refractivity contribution >= 4 is 11.9 Å². The van der Waals surface area contributed by atoms with E-state index in [1.807, 2.05) is 0 Å². The van der Waals surface area contributed by atoms with Gasteiger partial charge in [0.05, 0.1) is 12.8 Å². The van der Waals surface area contributed by atoms with Gasteiger partial charge in [-0.25, -0.2) is 4.79 Å². The maximum absolute atomic E-state index is 11.6. The molecule has 8 nitrogen and oxygen atoms in total. The minimum atomic E-state index is -1.36. The van der Waals surface area contributed by atoms with Gasteiger partial charge < -0.3 is 21.3 Å². The molecule has 0 aliphatic heterocycles. The number of nitrogens with one attached hydrogen (secondary N) is 1. The topological polar surface area (TPSA) is 130 Å². The van der Waals surface area contributed by atoms with Gasteiger partial charge in [-0.1, -0.05) is 0 Å². The van der Waals surface area contributed by atoms with Crippen LogP contribution in [0.15, 0.2) is 12.4 Å². The van der Waals surface area contributed by atoms with Crippen LogP contribution in [0, 0.1) is 0 Å². The monoisotopic (exact) mass is 242 g/mol. The van der Waals surface area contributed by atoms with Crippen molar-refractivity contribution < 1.29 is 19.8 Å². The van der Waals surface area contributed by atoms with Crippen LogP contribution in [-0.4, -0.2) is 44.5 Å². The van der Waals surface area contributed by atoms with Crippen LogP contribution in [0.3, 0.4) is 0 Å². The Morgan fingerprint density at radius 1 is 1.65 bits per heavy atom. The molecule has 1 aromatic heterocycles. The van der Waals surface area contributed by atoms with Crippen LogP contribution < -0.4 is 11.1 Å². The number of rotatable bonds is 5. The number of carboxylic acids is 1. The number of nitrogens with two attached hydrogens (primary N) is 1. The number of carbonyl (C=O) groups is 2. The minimum Gasteiger partial charge on any atom is -0.480 e. The highest BCUT2D eigenvalue weighted by atomic mass is 16.4. The average molecular weight is 242 g/mol. The fraction of sp³-hybridized carbons (Fsp3) is 0.444. The molecule has 0 radical (unpaired) electrons. The molecule has 1 heterocycles. The van der Waals surface area contributed by atoms with Gasteiger partial charge in [0.25, 0.3) is 0 Å². The highest BCUT2D eigenvalue weighted by Crippen LogP contribution is 2.08. The molecule has 5 N–H and O–H groups in total. The highest BCUT2D eigenvalue weighted by Gasteiger charge is 2.23. The number of aliphatic hydroxyl groups excluding tert-OH is 1. The van der Waals surface area contributed by atoms with Gasteiger partial charge in [-0.15, -0.1) is 0 Å². The first-order valence-corrected chi connectivity index (χ1v) is 4.84. The second-order valence-electron chi connectivity index (χ2n) is 3.51. The lowest BCUT2D eigenvalue weighted by Gasteiger charge is -2.14. The van der Waals surface area contributed by atoms with E-state index in [2.05, 4.69) is 10.4 Å². The van der Waals surface area contributed by atoms with Gasteiger partial charge >= 0.3 is 5.97 Å². The van der Waals surface area contributed by atoms with E-state index in [1.165, 1.54) is 10.9 Å². The summed E-state index contributed by atoms with van der Waals surface area (Å²) in [6.45, 7) is -0.694. The Kier molecular flexibility index (Phi) is 4.18. The lowest BCUT2D eigenvalue weighted by molar-refractivity contribution is -0.143. The number of aliphatic hydroxyl groups is 1. The predicted octanol–water partition coefficient (Wildman–Crippen LogP) is -2.02. The smallest absolute Gasteiger partial charge is 0.328 e. The zero-order valence-corrected chi connectivity index (χ0v) is 9.20. The molecule has 0 aliphatic carbocycles. The van der Waals surface area contributed by atoms with Gasteiger partial charge in [0.1, 0.15) is 12.1 Å². The van der Waals surface area contributed by atoms with Crippen LogP contribution in [0.25, 0.3) is 0 Å². The highest BCUT2D eigenvalue weighted by molar-refractivity contribution is 5.87. The summed E-state index contributed by atoms with van der Waals surface area (Å²) in [7, 11) is 1.67. The van der Waals surface area contributed by atoms with E-state index in [1.54, 1.807) is 13.2 Å². The van der Waals surface area contributed by atoms with E-state index in [4.69, 9.17) is 15.9 Å². The van der Waals surface area contributed by atoms with Crippen LogP contribution in [0.1, 0.15) is 11.6 Å². The van der Waals surface area contributed by atoms with Crippen molar-refractivity contribution in [2.24, 2.45) is 12.8 Å². The Morgan fingerprint density at radius 2 is 2.29 bits per heavy atom. The molecule has 8 heteroatoms. The van der Waals surface area contributed by atoms with E-state index >= 15 is 0 Å². The predicted molar refractivity (Wildman–Crippen MR) is 56.8 cm³/mol. The third-order valence-electron chi connectivity index (χ3n) is 2.16. The lowest BCUT2D eigenvalue weighted by atomic mass is 10.1. The third kappa shape index (κ3) is 3.26. The molecule has 0 spiro atoms. The van der Waals surface area contributed by atoms with Crippen molar-refractivity contribution in [2.45, 2.75) is 12.1 Å². The van der Waals surface area contributed by atoms with Crippen molar-refractivity contribution in [3.8, 4) is 0 Å². The fourth-order valence-electron chi connectivity index (χ4n) is 1.20. The van der Waals surface area contributed by atoms with E-state index < -0.39 is 30.6 Å². The van der Waals surface area contributed by atoms with Gasteiger partial charge in [0.2, 0.25) is 5.91 Å². The quantitative estimate of drug-likeness (QED) is 0.471. The Balaban J connectivity index is 2.67. The van der Waals surface area contributed by atoms with Crippen molar-refractivity contribution in [3.05, 3.63) is 18.0 Å². The SMILES string of the molecule is Cn1cc(C(N)C(=O)N[C@H](CO)C(=O)O)cn1. The number of carboxylic acid groups (broad SMARTS) is 1. The molecular formula is C9H14N4O4. The molecule has 0 aromatic carbocycles. The van der Waals surface area contributed by atoms with Crippen LogP contribution in [0.2, 0.25) is 0 Å². The van der Waals surface area contributed by atoms with E-state index in [9.17, 15) is 9.59 Å². The lowest BCUT2D eigenvalue weighted by Crippen LogP contribution is -2.46. The van der Waals surface area contributed by atoms with E-state index in [0.29, 0.717) is 5.56 Å². The Bertz CT molecular complexity index is 417. The second-order valence-corrected chi connectivity index (χ2v) is 3.51. The van der Waals surface area contributed by atoms with Crippen molar-refractivity contribution in [1.29, 1.82) is 0 Å². The summed E-state index contributed by atoms with van der Waals surface area (Å²) >= 11 is 0. The first kappa shape index (κ1) is 13.1. The summed E-state index contributed by atoms with van der Waals surface area (Å²) in [6, 6.07) is -2.37.